The summed E-state index contributed by atoms with van der Waals surface area (Å²) in [4.78, 5) is 12.1. The summed E-state index contributed by atoms with van der Waals surface area (Å²) in [6.45, 7) is 2.84. The maximum atomic E-state index is 12.1. The molecule has 0 bridgehead atoms. The van der Waals surface area contributed by atoms with E-state index in [1.54, 1.807) is 12.1 Å². The van der Waals surface area contributed by atoms with Crippen LogP contribution < -0.4 is 5.32 Å². The minimum absolute atomic E-state index is 0.208. The van der Waals surface area contributed by atoms with Gasteiger partial charge in [0.15, 0.2) is 16.3 Å². The van der Waals surface area contributed by atoms with Crippen molar-refractivity contribution in [3.8, 4) is 0 Å². The van der Waals surface area contributed by atoms with Crippen molar-refractivity contribution in [2.75, 3.05) is 0 Å². The first-order chi connectivity index (χ1) is 10.1. The van der Waals surface area contributed by atoms with Gasteiger partial charge in [-0.05, 0) is 47.8 Å². The highest BCUT2D eigenvalue weighted by atomic mass is 79.9. The van der Waals surface area contributed by atoms with Crippen molar-refractivity contribution < 1.29 is 9.21 Å². The zero-order valence-corrected chi connectivity index (χ0v) is 13.4. The Morgan fingerprint density at radius 1 is 1.38 bits per heavy atom. The number of fused-ring (bicyclic) bond motifs is 1. The third-order valence-electron chi connectivity index (χ3n) is 3.67. The molecule has 0 aliphatic carbocycles. The number of carbonyl (C=O) groups is 1. The molecule has 0 saturated heterocycles. The number of furan rings is 1. The van der Waals surface area contributed by atoms with Gasteiger partial charge in [-0.2, -0.15) is 0 Å². The molecule has 3 heterocycles. The van der Waals surface area contributed by atoms with Gasteiger partial charge in [0.1, 0.15) is 5.82 Å². The summed E-state index contributed by atoms with van der Waals surface area (Å²) < 4.78 is 7.93. The maximum Gasteiger partial charge on any atom is 0.287 e. The maximum absolute atomic E-state index is 12.1. The van der Waals surface area contributed by atoms with Crippen LogP contribution in [0.15, 0.2) is 21.2 Å². The fraction of sp³-hybridized carbons (Fsp3) is 0.500. The summed E-state index contributed by atoms with van der Waals surface area (Å²) in [6, 6.07) is 3.12. The second kappa shape index (κ2) is 6.01. The first kappa shape index (κ1) is 14.3. The van der Waals surface area contributed by atoms with Crippen LogP contribution in [-0.4, -0.2) is 20.7 Å². The molecular weight excluding hydrogens is 336 g/mol. The fourth-order valence-electron chi connectivity index (χ4n) is 2.60. The summed E-state index contributed by atoms with van der Waals surface area (Å²) in [5.41, 5.74) is 0. The van der Waals surface area contributed by atoms with E-state index in [0.29, 0.717) is 4.67 Å². The van der Waals surface area contributed by atoms with Crippen molar-refractivity contribution >= 4 is 21.8 Å². The lowest BCUT2D eigenvalue weighted by molar-refractivity contribution is 0.0908. The van der Waals surface area contributed by atoms with Crippen molar-refractivity contribution in [1.82, 2.24) is 20.1 Å². The summed E-state index contributed by atoms with van der Waals surface area (Å²) in [5, 5.41) is 11.4. The van der Waals surface area contributed by atoms with Crippen LogP contribution in [0.2, 0.25) is 0 Å². The summed E-state index contributed by atoms with van der Waals surface area (Å²) >= 11 is 3.19. The van der Waals surface area contributed by atoms with Crippen LogP contribution in [0.3, 0.4) is 0 Å². The number of amides is 1. The molecule has 0 spiro atoms. The smallest absolute Gasteiger partial charge is 0.287 e. The van der Waals surface area contributed by atoms with E-state index in [2.05, 4.69) is 36.0 Å². The van der Waals surface area contributed by atoms with Gasteiger partial charge < -0.3 is 14.3 Å². The minimum atomic E-state index is -0.251. The molecule has 2 aromatic heterocycles. The highest BCUT2D eigenvalue weighted by Gasteiger charge is 2.21. The number of hydrogen-bond donors (Lipinski definition) is 1. The van der Waals surface area contributed by atoms with E-state index in [1.165, 1.54) is 6.42 Å². The van der Waals surface area contributed by atoms with Gasteiger partial charge in [-0.25, -0.2) is 0 Å². The molecule has 2 aromatic rings. The summed E-state index contributed by atoms with van der Waals surface area (Å²) in [7, 11) is 0. The van der Waals surface area contributed by atoms with Gasteiger partial charge in [-0.3, -0.25) is 4.79 Å². The van der Waals surface area contributed by atoms with Gasteiger partial charge >= 0.3 is 0 Å². The molecule has 0 aromatic carbocycles. The Labute approximate surface area is 131 Å². The van der Waals surface area contributed by atoms with Gasteiger partial charge in [0.25, 0.3) is 5.91 Å². The molecule has 112 valence electrons. The molecule has 21 heavy (non-hydrogen) atoms. The zero-order chi connectivity index (χ0) is 14.8. The number of aromatic nitrogens is 3. The van der Waals surface area contributed by atoms with E-state index >= 15 is 0 Å². The molecule has 1 amide bonds. The second-order valence-electron chi connectivity index (χ2n) is 5.24. The van der Waals surface area contributed by atoms with Gasteiger partial charge in [-0.15, -0.1) is 10.2 Å². The number of halogens is 1. The molecule has 1 unspecified atom stereocenters. The number of hydrogen-bond acceptors (Lipinski definition) is 4. The van der Waals surface area contributed by atoms with Crippen LogP contribution in [0.4, 0.5) is 0 Å². The predicted molar refractivity (Wildman–Crippen MR) is 79.9 cm³/mol. The predicted octanol–water partition coefficient (Wildman–Crippen LogP) is 2.85. The van der Waals surface area contributed by atoms with E-state index in [0.717, 1.165) is 37.5 Å². The molecule has 0 saturated carbocycles. The van der Waals surface area contributed by atoms with E-state index in [9.17, 15) is 4.79 Å². The number of carbonyl (C=O) groups excluding carboxylic acids is 1. The summed E-state index contributed by atoms with van der Waals surface area (Å²) in [5.74, 6) is 1.86. The molecule has 6 nitrogen and oxygen atoms in total. The van der Waals surface area contributed by atoms with Crippen molar-refractivity contribution in [3.05, 3.63) is 34.2 Å². The Balaban J connectivity index is 1.75. The highest BCUT2D eigenvalue weighted by Crippen LogP contribution is 2.19. The number of nitrogens with zero attached hydrogens (tertiary/aromatic N) is 3. The van der Waals surface area contributed by atoms with E-state index in [-0.39, 0.29) is 17.7 Å². The van der Waals surface area contributed by atoms with Crippen LogP contribution in [0, 0.1) is 0 Å². The Morgan fingerprint density at radius 3 is 3.00 bits per heavy atom. The lowest BCUT2D eigenvalue weighted by Gasteiger charge is -2.14. The van der Waals surface area contributed by atoms with Gasteiger partial charge in [0, 0.05) is 13.0 Å². The lowest BCUT2D eigenvalue weighted by atomic mass is 10.2. The van der Waals surface area contributed by atoms with Crippen LogP contribution in [-0.2, 0) is 13.0 Å². The molecule has 1 aliphatic heterocycles. The number of aryl methyl sites for hydroxylation is 1. The van der Waals surface area contributed by atoms with Crippen LogP contribution >= 0.6 is 15.9 Å². The van der Waals surface area contributed by atoms with Crippen LogP contribution in [0.1, 0.15) is 54.4 Å². The molecule has 3 rings (SSSR count). The lowest BCUT2D eigenvalue weighted by Crippen LogP contribution is -2.28. The first-order valence-electron chi connectivity index (χ1n) is 7.13. The Morgan fingerprint density at radius 2 is 2.24 bits per heavy atom. The third kappa shape index (κ3) is 3.02. The Kier molecular flexibility index (Phi) is 4.10. The number of rotatable bonds is 3. The standard InChI is InChI=1S/C14H17BrN4O2/c1-9(16-14(20)10-6-7-11(15)21-10)13-18-17-12-5-3-2-4-8-19(12)13/h6-7,9H,2-5,8H2,1H3,(H,16,20). The minimum Gasteiger partial charge on any atom is -0.444 e. The quantitative estimate of drug-likeness (QED) is 0.921. The SMILES string of the molecule is CC(NC(=O)c1ccc(Br)o1)c1nnc2n1CCCCC2. The average Bonchev–Trinajstić information content (AvgIpc) is 2.99. The Hall–Kier alpha value is -1.63. The van der Waals surface area contributed by atoms with Gasteiger partial charge in [-0.1, -0.05) is 6.42 Å². The summed E-state index contributed by atoms with van der Waals surface area (Å²) in [6.07, 6.45) is 4.45. The fourth-order valence-corrected chi connectivity index (χ4v) is 2.90. The van der Waals surface area contributed by atoms with Gasteiger partial charge in [0.2, 0.25) is 0 Å². The van der Waals surface area contributed by atoms with E-state index < -0.39 is 0 Å². The van der Waals surface area contributed by atoms with Crippen molar-refractivity contribution in [3.63, 3.8) is 0 Å². The van der Waals surface area contributed by atoms with E-state index in [4.69, 9.17) is 4.42 Å². The molecule has 7 heteroatoms. The van der Waals surface area contributed by atoms with E-state index in [1.807, 2.05) is 6.92 Å². The van der Waals surface area contributed by atoms with Crippen molar-refractivity contribution in [1.29, 1.82) is 0 Å². The molecule has 1 aliphatic rings. The zero-order valence-electron chi connectivity index (χ0n) is 11.8. The average molecular weight is 353 g/mol. The van der Waals surface area contributed by atoms with Crippen molar-refractivity contribution in [2.45, 2.75) is 45.2 Å². The Bertz CT molecular complexity index is 649. The third-order valence-corrected chi connectivity index (χ3v) is 4.10. The van der Waals surface area contributed by atoms with Crippen molar-refractivity contribution in [2.24, 2.45) is 0 Å². The van der Waals surface area contributed by atoms with Crippen LogP contribution in [0.5, 0.6) is 0 Å². The second-order valence-corrected chi connectivity index (χ2v) is 6.02. The number of nitrogens with one attached hydrogen (secondary N) is 1. The normalized spacial score (nSPS) is 16.1. The monoisotopic (exact) mass is 352 g/mol. The molecule has 1 atom stereocenters. The molecular formula is C14H17BrN4O2. The first-order valence-corrected chi connectivity index (χ1v) is 7.92. The van der Waals surface area contributed by atoms with Crippen LogP contribution in [0.25, 0.3) is 0 Å². The highest BCUT2D eigenvalue weighted by molar-refractivity contribution is 9.10. The molecule has 0 fully saturated rings. The molecule has 1 N–H and O–H groups in total. The molecule has 0 radical (unpaired) electrons. The topological polar surface area (TPSA) is 73.0 Å². The van der Waals surface area contributed by atoms with Gasteiger partial charge in [0.05, 0.1) is 6.04 Å². The largest absolute Gasteiger partial charge is 0.444 e.